The molecule has 0 spiro atoms. The van der Waals surface area contributed by atoms with Crippen molar-refractivity contribution in [3.05, 3.63) is 29.7 Å². The van der Waals surface area contributed by atoms with Gasteiger partial charge in [0, 0.05) is 64.9 Å². The maximum atomic E-state index is 14.6. The summed E-state index contributed by atoms with van der Waals surface area (Å²) in [5, 5.41) is 0.570. The average Bonchev–Trinajstić information content (AvgIpc) is 3.20. The summed E-state index contributed by atoms with van der Waals surface area (Å²) < 4.78 is 38.8. The average molecular weight is 578 g/mol. The number of likely N-dealkylation sites (tertiary alicyclic amines) is 1. The molecule has 1 saturated heterocycles. The quantitative estimate of drug-likeness (QED) is 0.277. The van der Waals surface area contributed by atoms with Crippen LogP contribution in [-0.2, 0) is 20.8 Å². The number of aromatic nitrogens is 1. The van der Waals surface area contributed by atoms with Crippen molar-refractivity contribution < 1.29 is 32.9 Å². The molecule has 41 heavy (non-hydrogen) atoms. The fraction of sp³-hybridized carbons (Fsp3) is 0.677. The van der Waals surface area contributed by atoms with E-state index >= 15 is 0 Å². The Balaban J connectivity index is 2.04. The molecule has 0 bridgehead atoms. The van der Waals surface area contributed by atoms with E-state index in [1.54, 1.807) is 25.2 Å². The summed E-state index contributed by atoms with van der Waals surface area (Å²) in [6.45, 7) is 12.5. The van der Waals surface area contributed by atoms with Gasteiger partial charge in [-0.1, -0.05) is 0 Å². The van der Waals surface area contributed by atoms with Crippen molar-refractivity contribution in [2.24, 2.45) is 0 Å². The van der Waals surface area contributed by atoms with E-state index in [1.807, 2.05) is 44.1 Å². The Morgan fingerprint density at radius 2 is 1.78 bits per heavy atom. The monoisotopic (exact) mass is 577 g/mol. The number of carbonyl (C=O) groups excluding carboxylic acids is 2. The van der Waals surface area contributed by atoms with Crippen LogP contribution in [0, 0.1) is 5.82 Å². The van der Waals surface area contributed by atoms with Gasteiger partial charge in [-0.2, -0.15) is 0 Å². The molecule has 9 nitrogen and oxygen atoms in total. The lowest BCUT2D eigenvalue weighted by molar-refractivity contribution is 0.00724. The number of aryl methyl sites for hydroxylation is 1. The third kappa shape index (κ3) is 8.58. The van der Waals surface area contributed by atoms with Crippen molar-refractivity contribution in [2.75, 3.05) is 47.1 Å². The third-order valence-electron chi connectivity index (χ3n) is 7.13. The third-order valence-corrected chi connectivity index (χ3v) is 7.13. The zero-order valence-corrected chi connectivity index (χ0v) is 25.8. The van der Waals surface area contributed by atoms with Crippen LogP contribution in [0.15, 0.2) is 18.2 Å². The summed E-state index contributed by atoms with van der Waals surface area (Å²) in [5.41, 5.74) is 0.547. The molecule has 1 aromatic carbocycles. The number of hydrogen-bond donors (Lipinski definition) is 0. The number of benzene rings is 1. The summed E-state index contributed by atoms with van der Waals surface area (Å²) in [4.78, 5) is 31.1. The predicted molar refractivity (Wildman–Crippen MR) is 157 cm³/mol. The van der Waals surface area contributed by atoms with E-state index in [0.29, 0.717) is 62.7 Å². The first kappa shape index (κ1) is 32.7. The van der Waals surface area contributed by atoms with Gasteiger partial charge in [-0.25, -0.2) is 9.18 Å². The fourth-order valence-electron chi connectivity index (χ4n) is 5.40. The van der Waals surface area contributed by atoms with Gasteiger partial charge in [0.15, 0.2) is 11.4 Å². The van der Waals surface area contributed by atoms with Crippen LogP contribution in [0.25, 0.3) is 10.9 Å². The van der Waals surface area contributed by atoms with Crippen LogP contribution in [0.3, 0.4) is 0 Å². The van der Waals surface area contributed by atoms with Crippen molar-refractivity contribution in [1.29, 1.82) is 0 Å². The van der Waals surface area contributed by atoms with Gasteiger partial charge in [0.1, 0.15) is 11.4 Å². The van der Waals surface area contributed by atoms with Crippen molar-refractivity contribution in [2.45, 2.75) is 91.0 Å². The lowest BCUT2D eigenvalue weighted by Gasteiger charge is -2.41. The standard InChI is InChI=1S/C31H48FN3O6/c1-22(2)35(24-12-10-15-33(21-24)30(37)41-31(3,4)5)29(36)27-28(40-19-11-18-39-7)25-20-23(32)13-14-26(25)34(27)16-8-9-17-38-6/h13-14,20,22,24H,8-12,15-19,21H2,1-7H3/t24-/m1/s1. The molecule has 230 valence electrons. The maximum Gasteiger partial charge on any atom is 0.410 e. The normalized spacial score (nSPS) is 15.9. The maximum absolute atomic E-state index is 14.6. The molecule has 10 heteroatoms. The summed E-state index contributed by atoms with van der Waals surface area (Å²) in [5.74, 6) is -0.199. The second-order valence-corrected chi connectivity index (χ2v) is 11.9. The van der Waals surface area contributed by atoms with E-state index in [4.69, 9.17) is 18.9 Å². The molecule has 0 unspecified atom stereocenters. The predicted octanol–water partition coefficient (Wildman–Crippen LogP) is 5.87. The molecule has 1 aromatic heterocycles. The van der Waals surface area contributed by atoms with Crippen molar-refractivity contribution in [3.8, 4) is 5.75 Å². The number of carbonyl (C=O) groups is 2. The van der Waals surface area contributed by atoms with Gasteiger partial charge in [-0.3, -0.25) is 4.79 Å². The number of rotatable bonds is 13. The zero-order valence-electron chi connectivity index (χ0n) is 25.8. The number of ether oxygens (including phenoxy) is 4. The topological polar surface area (TPSA) is 82.5 Å². The Labute approximate surface area is 243 Å². The van der Waals surface area contributed by atoms with Gasteiger partial charge in [-0.15, -0.1) is 0 Å². The van der Waals surface area contributed by atoms with Crippen molar-refractivity contribution >= 4 is 22.9 Å². The van der Waals surface area contributed by atoms with E-state index < -0.39 is 11.4 Å². The van der Waals surface area contributed by atoms with Crippen LogP contribution >= 0.6 is 0 Å². The second kappa shape index (κ2) is 14.9. The summed E-state index contributed by atoms with van der Waals surface area (Å²) in [6.07, 6.45) is 3.36. The summed E-state index contributed by atoms with van der Waals surface area (Å²) in [6, 6.07) is 4.21. The van der Waals surface area contributed by atoms with E-state index in [-0.39, 0.29) is 24.1 Å². The number of halogens is 1. The highest BCUT2D eigenvalue weighted by atomic mass is 19.1. The van der Waals surface area contributed by atoms with Crippen LogP contribution in [0.2, 0.25) is 0 Å². The Morgan fingerprint density at radius 3 is 2.44 bits per heavy atom. The molecule has 1 aliphatic rings. The smallest absolute Gasteiger partial charge is 0.410 e. The van der Waals surface area contributed by atoms with E-state index in [1.165, 1.54) is 12.1 Å². The number of hydrogen-bond acceptors (Lipinski definition) is 6. The highest BCUT2D eigenvalue weighted by molar-refractivity contribution is 6.04. The minimum Gasteiger partial charge on any atom is -0.490 e. The summed E-state index contributed by atoms with van der Waals surface area (Å²) >= 11 is 0. The molecule has 0 N–H and O–H groups in total. The fourth-order valence-corrected chi connectivity index (χ4v) is 5.40. The van der Waals surface area contributed by atoms with Gasteiger partial charge in [0.2, 0.25) is 0 Å². The van der Waals surface area contributed by atoms with Crippen LogP contribution in [-0.4, -0.2) is 91.2 Å². The molecule has 3 rings (SSSR count). The Hall–Kier alpha value is -2.85. The zero-order chi connectivity index (χ0) is 30.2. The second-order valence-electron chi connectivity index (χ2n) is 11.9. The minimum absolute atomic E-state index is 0.149. The van der Waals surface area contributed by atoms with Gasteiger partial charge < -0.3 is 33.3 Å². The molecule has 2 amide bonds. The van der Waals surface area contributed by atoms with Gasteiger partial charge in [0.05, 0.1) is 18.2 Å². The largest absolute Gasteiger partial charge is 0.490 e. The Bertz CT molecular complexity index is 1160. The molecular formula is C31H48FN3O6. The first-order chi connectivity index (χ1) is 19.5. The van der Waals surface area contributed by atoms with E-state index in [9.17, 15) is 14.0 Å². The lowest BCUT2D eigenvalue weighted by Crippen LogP contribution is -2.54. The molecule has 1 fully saturated rings. The first-order valence-electron chi connectivity index (χ1n) is 14.7. The minimum atomic E-state index is -0.605. The molecule has 2 heterocycles. The number of nitrogens with zero attached hydrogens (tertiary/aromatic N) is 3. The highest BCUT2D eigenvalue weighted by Crippen LogP contribution is 2.37. The van der Waals surface area contributed by atoms with E-state index in [0.717, 1.165) is 31.2 Å². The van der Waals surface area contributed by atoms with Gasteiger partial charge >= 0.3 is 6.09 Å². The molecule has 0 radical (unpaired) electrons. The van der Waals surface area contributed by atoms with E-state index in [2.05, 4.69) is 0 Å². The highest BCUT2D eigenvalue weighted by Gasteiger charge is 2.37. The molecule has 1 aliphatic heterocycles. The molecule has 2 aromatic rings. The molecule has 0 saturated carbocycles. The van der Waals surface area contributed by atoms with Gasteiger partial charge in [0.25, 0.3) is 5.91 Å². The number of methoxy groups -OCH3 is 2. The van der Waals surface area contributed by atoms with Crippen LogP contribution < -0.4 is 4.74 Å². The van der Waals surface area contributed by atoms with Crippen LogP contribution in [0.4, 0.5) is 9.18 Å². The molecule has 1 atom stereocenters. The lowest BCUT2D eigenvalue weighted by atomic mass is 10.0. The first-order valence-corrected chi connectivity index (χ1v) is 14.7. The number of unbranched alkanes of at least 4 members (excludes halogenated alkanes) is 1. The molecule has 0 aliphatic carbocycles. The molecular weight excluding hydrogens is 529 g/mol. The Kier molecular flexibility index (Phi) is 11.8. The Morgan fingerprint density at radius 1 is 1.07 bits per heavy atom. The number of piperidine rings is 1. The number of fused-ring (bicyclic) bond motifs is 1. The van der Waals surface area contributed by atoms with Crippen molar-refractivity contribution in [3.63, 3.8) is 0 Å². The van der Waals surface area contributed by atoms with Gasteiger partial charge in [-0.05, 0) is 78.5 Å². The van der Waals surface area contributed by atoms with Crippen LogP contribution in [0.5, 0.6) is 5.75 Å². The SMILES string of the molecule is COCCCCn1c(C(=O)N(C(C)C)[C@@H]2CCCN(C(=O)OC(C)(C)C)C2)c(OCCCOC)c2cc(F)ccc21. The van der Waals surface area contributed by atoms with Crippen LogP contribution in [0.1, 0.15) is 77.2 Å². The number of amides is 2. The van der Waals surface area contributed by atoms with Crippen molar-refractivity contribution in [1.82, 2.24) is 14.4 Å². The summed E-state index contributed by atoms with van der Waals surface area (Å²) in [7, 11) is 3.29.